The largest absolute Gasteiger partial charge is 0.497 e. The Morgan fingerprint density at radius 1 is 0.895 bits per heavy atom. The third-order valence-corrected chi connectivity index (χ3v) is 14.1. The molecule has 9 rings (SSSR count). The number of pyridine rings is 2. The number of rotatable bonds is 14. The number of ether oxygens (including phenoxy) is 6. The van der Waals surface area contributed by atoms with Gasteiger partial charge in [0.15, 0.2) is 11.6 Å². The summed E-state index contributed by atoms with van der Waals surface area (Å²) in [5.41, 5.74) is 1.25. The molecule has 3 aliphatic rings. The van der Waals surface area contributed by atoms with Gasteiger partial charge >= 0.3 is 18.2 Å². The predicted octanol–water partition coefficient (Wildman–Crippen LogP) is 12.0. The van der Waals surface area contributed by atoms with Gasteiger partial charge in [0.25, 0.3) is 0 Å². The standard InChI is InChI=1S/C57H65ClF2N8O8/c1-34-27-42(45(58)43(28-34)65(30-36-14-18-39(71-9)19-15-36)31-37-16-20-40(72-10)21-17-37)47-46(60)48-44-50(64-52(63-48)74-33-57-22-12-24-66(57)32-38(59)29-57)67(25-26-73-51(44)62-47)35(2)41-13-11-23-61-49(41)68(53(69)75-55(3,4)5)54(70)76-56(6,7)8/h11,13-21,23,27-28,35,38H,12,22,24-26,29-33H2,1-10H3/t35-,38-,57+/m1/s1. The number of alkyl halides is 1. The van der Waals surface area contributed by atoms with Gasteiger partial charge in [-0.3, -0.25) is 4.90 Å². The van der Waals surface area contributed by atoms with E-state index in [1.54, 1.807) is 74.0 Å². The molecule has 76 heavy (non-hydrogen) atoms. The van der Waals surface area contributed by atoms with E-state index in [9.17, 15) is 9.59 Å². The molecule has 0 spiro atoms. The minimum atomic E-state index is -1.02. The number of nitrogens with zero attached hydrogens (tertiary/aromatic N) is 8. The molecule has 0 radical (unpaired) electrons. The first-order chi connectivity index (χ1) is 36.1. The smallest absolute Gasteiger partial charge is 0.425 e. The number of methoxy groups -OCH3 is 2. The molecule has 402 valence electrons. The van der Waals surface area contributed by atoms with Gasteiger partial charge in [-0.05, 0) is 134 Å². The third kappa shape index (κ3) is 11.4. The summed E-state index contributed by atoms with van der Waals surface area (Å²) in [7, 11) is 3.24. The average Bonchev–Trinajstić information content (AvgIpc) is 3.92. The van der Waals surface area contributed by atoms with Crippen LogP contribution in [0.1, 0.15) is 96.0 Å². The third-order valence-electron chi connectivity index (χ3n) is 13.7. The molecule has 2 amide bonds. The lowest BCUT2D eigenvalue weighted by Gasteiger charge is -2.33. The number of hydrogen-bond donors (Lipinski definition) is 0. The van der Waals surface area contributed by atoms with Crippen molar-refractivity contribution in [3.8, 4) is 34.6 Å². The molecule has 6 heterocycles. The number of carbonyl (C=O) groups excluding carboxylic acids is 2. The first kappa shape index (κ1) is 53.8. The summed E-state index contributed by atoms with van der Waals surface area (Å²) in [6.45, 7) is 16.0. The number of aryl methyl sites for hydroxylation is 1. The number of anilines is 3. The molecule has 0 bridgehead atoms. The highest BCUT2D eigenvalue weighted by molar-refractivity contribution is 6.36. The molecule has 16 nitrogen and oxygen atoms in total. The lowest BCUT2D eigenvalue weighted by Crippen LogP contribution is -2.45. The van der Waals surface area contributed by atoms with E-state index in [0.29, 0.717) is 36.4 Å². The second-order valence-corrected chi connectivity index (χ2v) is 22.0. The van der Waals surface area contributed by atoms with Crippen LogP contribution in [0.2, 0.25) is 5.02 Å². The predicted molar refractivity (Wildman–Crippen MR) is 287 cm³/mol. The monoisotopic (exact) mass is 1060 g/mol. The van der Waals surface area contributed by atoms with Crippen molar-refractivity contribution >= 4 is 52.0 Å². The van der Waals surface area contributed by atoms with Crippen molar-refractivity contribution in [1.82, 2.24) is 24.8 Å². The molecule has 3 aromatic heterocycles. The summed E-state index contributed by atoms with van der Waals surface area (Å²) in [6.07, 6.45) is 0.327. The van der Waals surface area contributed by atoms with Gasteiger partial charge in [0.05, 0.1) is 43.1 Å². The van der Waals surface area contributed by atoms with Crippen molar-refractivity contribution in [3.05, 3.63) is 112 Å². The van der Waals surface area contributed by atoms with E-state index in [1.807, 2.05) is 73.3 Å². The van der Waals surface area contributed by atoms with Crippen molar-refractivity contribution in [3.63, 3.8) is 0 Å². The number of imide groups is 1. The van der Waals surface area contributed by atoms with E-state index in [1.165, 1.54) is 6.20 Å². The number of halogens is 3. The van der Waals surface area contributed by atoms with Crippen LogP contribution in [0, 0.1) is 12.7 Å². The van der Waals surface area contributed by atoms with Gasteiger partial charge in [-0.25, -0.2) is 28.3 Å². The minimum absolute atomic E-state index is 0.0295. The molecule has 6 aromatic rings. The lowest BCUT2D eigenvalue weighted by molar-refractivity contribution is 0.0428. The Kier molecular flexibility index (Phi) is 15.2. The van der Waals surface area contributed by atoms with Gasteiger partial charge in [-0.1, -0.05) is 41.9 Å². The zero-order valence-corrected chi connectivity index (χ0v) is 45.5. The molecule has 3 aromatic carbocycles. The van der Waals surface area contributed by atoms with Crippen molar-refractivity contribution in [2.24, 2.45) is 0 Å². The fourth-order valence-corrected chi connectivity index (χ4v) is 10.6. The molecule has 2 fully saturated rings. The second-order valence-electron chi connectivity index (χ2n) is 21.6. The summed E-state index contributed by atoms with van der Waals surface area (Å²) in [5, 5.41) is 0.390. The van der Waals surface area contributed by atoms with Crippen LogP contribution in [0.25, 0.3) is 22.2 Å². The molecule has 0 saturated carbocycles. The van der Waals surface area contributed by atoms with E-state index in [4.69, 9.17) is 55.0 Å². The highest BCUT2D eigenvalue weighted by Gasteiger charge is 2.49. The maximum Gasteiger partial charge on any atom is 0.425 e. The molecule has 0 unspecified atom stereocenters. The summed E-state index contributed by atoms with van der Waals surface area (Å²) < 4.78 is 68.6. The number of hydrogen-bond acceptors (Lipinski definition) is 15. The molecule has 19 heteroatoms. The van der Waals surface area contributed by atoms with Crippen molar-refractivity contribution in [2.45, 2.75) is 117 Å². The summed E-state index contributed by atoms with van der Waals surface area (Å²) in [6, 6.07) is 21.8. The van der Waals surface area contributed by atoms with Crippen LogP contribution in [-0.4, -0.2) is 107 Å². The minimum Gasteiger partial charge on any atom is -0.497 e. The van der Waals surface area contributed by atoms with E-state index in [-0.39, 0.29) is 71.3 Å². The fraction of sp³-hybridized carbons (Fsp3) is 0.439. The number of benzene rings is 3. The van der Waals surface area contributed by atoms with E-state index in [2.05, 4.69) is 14.8 Å². The van der Waals surface area contributed by atoms with E-state index < -0.39 is 47.0 Å². The van der Waals surface area contributed by atoms with Crippen molar-refractivity contribution in [1.29, 1.82) is 0 Å². The summed E-state index contributed by atoms with van der Waals surface area (Å²) in [4.78, 5) is 54.2. The van der Waals surface area contributed by atoms with Gasteiger partial charge in [0, 0.05) is 43.4 Å². The number of amides is 2. The Morgan fingerprint density at radius 2 is 1.53 bits per heavy atom. The van der Waals surface area contributed by atoms with Gasteiger partial charge in [0.2, 0.25) is 5.88 Å². The van der Waals surface area contributed by atoms with Crippen molar-refractivity contribution < 1.29 is 46.8 Å². The SMILES string of the molecule is COc1ccc(CN(Cc2ccc(OC)cc2)c2cc(C)cc(-c3nc4c5c(nc(OC[C@@]67CCCN6C[C@H](F)C7)nc5c3F)N([C@H](C)c3cccnc3N(C(=O)OC(C)(C)C)C(=O)OC(C)(C)C)CCO4)c2Cl)cc1. The first-order valence-electron chi connectivity index (χ1n) is 25.5. The molecule has 0 N–H and O–H groups in total. The second kappa shape index (κ2) is 21.5. The van der Waals surface area contributed by atoms with Gasteiger partial charge in [-0.15, -0.1) is 0 Å². The summed E-state index contributed by atoms with van der Waals surface area (Å²) in [5.74, 6) is 0.820. The lowest BCUT2D eigenvalue weighted by atomic mass is 9.95. The van der Waals surface area contributed by atoms with Crippen LogP contribution in [0.15, 0.2) is 79.0 Å². The van der Waals surface area contributed by atoms with Crippen molar-refractivity contribution in [2.75, 3.05) is 61.8 Å². The van der Waals surface area contributed by atoms with Gasteiger partial charge in [0.1, 0.15) is 64.5 Å². The molecular weight excluding hydrogens is 998 g/mol. The van der Waals surface area contributed by atoms with Gasteiger partial charge < -0.3 is 38.2 Å². The maximum absolute atomic E-state index is 18.2. The van der Waals surface area contributed by atoms with Crippen LogP contribution in [-0.2, 0) is 22.6 Å². The molecule has 3 aliphatic heterocycles. The Hall–Kier alpha value is -7.05. The topological polar surface area (TPSA) is 154 Å². The zero-order valence-electron chi connectivity index (χ0n) is 44.7. The normalized spacial score (nSPS) is 17.9. The molecule has 2 saturated heterocycles. The first-order valence-corrected chi connectivity index (χ1v) is 25.9. The quantitative estimate of drug-likeness (QED) is 0.102. The van der Waals surface area contributed by atoms with Crippen LogP contribution >= 0.6 is 11.6 Å². The van der Waals surface area contributed by atoms with E-state index >= 15 is 8.78 Å². The number of fused-ring (bicyclic) bond motifs is 1. The van der Waals surface area contributed by atoms with Gasteiger partial charge in [-0.2, -0.15) is 14.9 Å². The Labute approximate surface area is 447 Å². The highest BCUT2D eigenvalue weighted by Crippen LogP contribution is 2.47. The zero-order chi connectivity index (χ0) is 54.3. The van der Waals surface area contributed by atoms with E-state index in [0.717, 1.165) is 52.5 Å². The maximum atomic E-state index is 18.2. The molecular formula is C57H65ClF2N8O8. The molecule has 3 atom stereocenters. The van der Waals surface area contributed by atoms with Crippen LogP contribution in [0.5, 0.6) is 23.4 Å². The number of aromatic nitrogens is 4. The van der Waals surface area contributed by atoms with Crippen LogP contribution in [0.3, 0.4) is 0 Å². The Bertz CT molecular complexity index is 3040. The highest BCUT2D eigenvalue weighted by atomic mass is 35.5. The molecule has 0 aliphatic carbocycles. The average molecular weight is 1060 g/mol. The fourth-order valence-electron chi connectivity index (χ4n) is 10.3. The number of carbonyl (C=O) groups is 2. The van der Waals surface area contributed by atoms with Crippen LogP contribution < -0.4 is 33.6 Å². The van der Waals surface area contributed by atoms with Crippen LogP contribution in [0.4, 0.5) is 35.7 Å². The Morgan fingerprint density at radius 3 is 2.13 bits per heavy atom. The Balaban J connectivity index is 1.18. The summed E-state index contributed by atoms with van der Waals surface area (Å²) >= 11 is 7.53.